The summed E-state index contributed by atoms with van der Waals surface area (Å²) < 4.78 is 26.3. The highest BCUT2D eigenvalue weighted by atomic mass is 32.2. The lowest BCUT2D eigenvalue weighted by molar-refractivity contribution is 0.271. The fraction of sp³-hybridized carbons (Fsp3) is 0.500. The van der Waals surface area contributed by atoms with Gasteiger partial charge in [0.05, 0.1) is 17.4 Å². The average Bonchev–Trinajstić information content (AvgIpc) is 2.48. The Morgan fingerprint density at radius 2 is 2.05 bits per heavy atom. The fourth-order valence-corrected chi connectivity index (χ4v) is 4.09. The Morgan fingerprint density at radius 3 is 2.65 bits per heavy atom. The number of benzene rings is 1. The zero-order chi connectivity index (χ0) is 14.6. The number of nitriles is 1. The van der Waals surface area contributed by atoms with E-state index >= 15 is 0 Å². The van der Waals surface area contributed by atoms with E-state index in [1.807, 2.05) is 6.07 Å². The minimum atomic E-state index is -3.30. The Labute approximate surface area is 120 Å². The van der Waals surface area contributed by atoms with Crippen molar-refractivity contribution < 1.29 is 8.42 Å². The van der Waals surface area contributed by atoms with Crippen LogP contribution in [-0.2, 0) is 15.8 Å². The van der Waals surface area contributed by atoms with E-state index in [0.717, 1.165) is 12.8 Å². The van der Waals surface area contributed by atoms with Crippen molar-refractivity contribution in [3.05, 3.63) is 35.4 Å². The summed E-state index contributed by atoms with van der Waals surface area (Å²) >= 11 is 0. The molecule has 1 fully saturated rings. The highest BCUT2D eigenvalue weighted by Gasteiger charge is 2.28. The Bertz CT molecular complexity index is 590. The number of piperidine rings is 1. The number of sulfonamides is 1. The van der Waals surface area contributed by atoms with Gasteiger partial charge in [-0.05, 0) is 43.0 Å². The molecule has 0 aliphatic carbocycles. The molecule has 20 heavy (non-hydrogen) atoms. The molecule has 2 N–H and O–H groups in total. The molecule has 6 heteroatoms. The van der Waals surface area contributed by atoms with Gasteiger partial charge in [-0.25, -0.2) is 12.7 Å². The van der Waals surface area contributed by atoms with Crippen molar-refractivity contribution in [1.29, 1.82) is 5.26 Å². The van der Waals surface area contributed by atoms with Gasteiger partial charge in [0.1, 0.15) is 0 Å². The van der Waals surface area contributed by atoms with Gasteiger partial charge >= 0.3 is 0 Å². The van der Waals surface area contributed by atoms with Crippen molar-refractivity contribution >= 4 is 10.0 Å². The molecular weight excluding hydrogens is 274 g/mol. The lowest BCUT2D eigenvalue weighted by Gasteiger charge is -2.31. The molecule has 2 rings (SSSR count). The zero-order valence-corrected chi connectivity index (χ0v) is 12.1. The number of hydrogen-bond acceptors (Lipinski definition) is 4. The summed E-state index contributed by atoms with van der Waals surface area (Å²) in [6.07, 6.45) is 1.87. The van der Waals surface area contributed by atoms with Crippen LogP contribution in [0.2, 0.25) is 0 Å². The van der Waals surface area contributed by atoms with E-state index in [0.29, 0.717) is 30.8 Å². The molecule has 5 nitrogen and oxygen atoms in total. The molecule has 1 aromatic rings. The Kier molecular flexibility index (Phi) is 4.76. The monoisotopic (exact) mass is 293 g/mol. The van der Waals surface area contributed by atoms with Gasteiger partial charge in [0.15, 0.2) is 0 Å². The van der Waals surface area contributed by atoms with Crippen LogP contribution in [0.25, 0.3) is 0 Å². The second-order valence-corrected chi connectivity index (χ2v) is 7.14. The third-order valence-corrected chi connectivity index (χ3v) is 5.46. The normalized spacial score (nSPS) is 20.5. The number of nitrogens with zero attached hydrogens (tertiary/aromatic N) is 2. The van der Waals surface area contributed by atoms with Crippen molar-refractivity contribution in [2.24, 2.45) is 11.7 Å². The van der Waals surface area contributed by atoms with Crippen LogP contribution >= 0.6 is 0 Å². The first kappa shape index (κ1) is 15.0. The molecule has 1 aromatic carbocycles. The summed E-state index contributed by atoms with van der Waals surface area (Å²) in [6.45, 7) is 1.63. The SMILES string of the molecule is N#Cc1ccc(CS(=O)(=O)N2CCCC(CN)C2)cc1. The lowest BCUT2D eigenvalue weighted by Crippen LogP contribution is -2.42. The van der Waals surface area contributed by atoms with Crippen molar-refractivity contribution in [3.8, 4) is 6.07 Å². The summed E-state index contributed by atoms with van der Waals surface area (Å²) in [5.41, 5.74) is 6.88. The first-order valence-electron chi connectivity index (χ1n) is 6.72. The second kappa shape index (κ2) is 6.35. The van der Waals surface area contributed by atoms with Crippen LogP contribution in [0.5, 0.6) is 0 Å². The highest BCUT2D eigenvalue weighted by Crippen LogP contribution is 2.20. The van der Waals surface area contributed by atoms with Gasteiger partial charge in [-0.3, -0.25) is 0 Å². The number of nitrogens with two attached hydrogens (primary N) is 1. The molecule has 1 saturated heterocycles. The van der Waals surface area contributed by atoms with Crippen LogP contribution in [0, 0.1) is 17.2 Å². The standard InChI is InChI=1S/C14H19N3O2S/c15-8-12-3-5-13(6-4-12)11-20(18,19)17-7-1-2-14(9-16)10-17/h3-6,14H,1-2,7,9-11,16H2. The van der Waals surface area contributed by atoms with Gasteiger partial charge in [-0.15, -0.1) is 0 Å². The van der Waals surface area contributed by atoms with Crippen molar-refractivity contribution in [2.75, 3.05) is 19.6 Å². The predicted octanol–water partition coefficient (Wildman–Crippen LogP) is 1.06. The second-order valence-electron chi connectivity index (χ2n) is 5.17. The van der Waals surface area contributed by atoms with E-state index in [4.69, 9.17) is 11.0 Å². The quantitative estimate of drug-likeness (QED) is 0.899. The van der Waals surface area contributed by atoms with Crippen molar-refractivity contribution in [1.82, 2.24) is 4.31 Å². The van der Waals surface area contributed by atoms with E-state index in [-0.39, 0.29) is 11.7 Å². The van der Waals surface area contributed by atoms with Crippen LogP contribution in [-0.4, -0.2) is 32.4 Å². The molecule has 1 aliphatic rings. The van der Waals surface area contributed by atoms with Crippen LogP contribution in [0.1, 0.15) is 24.0 Å². The summed E-state index contributed by atoms with van der Waals surface area (Å²) in [7, 11) is -3.30. The lowest BCUT2D eigenvalue weighted by atomic mass is 10.0. The molecule has 0 saturated carbocycles. The van der Waals surface area contributed by atoms with E-state index < -0.39 is 10.0 Å². The Hall–Kier alpha value is -1.42. The summed E-state index contributed by atoms with van der Waals surface area (Å²) in [4.78, 5) is 0. The minimum absolute atomic E-state index is 0.0179. The minimum Gasteiger partial charge on any atom is -0.330 e. The zero-order valence-electron chi connectivity index (χ0n) is 11.3. The Morgan fingerprint density at radius 1 is 1.35 bits per heavy atom. The van der Waals surface area contributed by atoms with Gasteiger partial charge < -0.3 is 5.73 Å². The number of rotatable bonds is 4. The van der Waals surface area contributed by atoms with Gasteiger partial charge in [-0.1, -0.05) is 12.1 Å². The maximum atomic E-state index is 12.4. The van der Waals surface area contributed by atoms with Crippen LogP contribution in [0.4, 0.5) is 0 Å². The predicted molar refractivity (Wildman–Crippen MR) is 77.1 cm³/mol. The molecule has 108 valence electrons. The summed E-state index contributed by atoms with van der Waals surface area (Å²) in [6, 6.07) is 8.70. The van der Waals surface area contributed by atoms with Gasteiger partial charge in [-0.2, -0.15) is 5.26 Å². The molecule has 1 aliphatic heterocycles. The molecule has 1 heterocycles. The van der Waals surface area contributed by atoms with Gasteiger partial charge in [0.2, 0.25) is 10.0 Å². The fourth-order valence-electron chi connectivity index (χ4n) is 2.45. The summed E-state index contributed by atoms with van der Waals surface area (Å²) in [5, 5.41) is 8.73. The third-order valence-electron chi connectivity index (χ3n) is 3.64. The van der Waals surface area contributed by atoms with Crippen LogP contribution in [0.15, 0.2) is 24.3 Å². The summed E-state index contributed by atoms with van der Waals surface area (Å²) in [5.74, 6) is 0.246. The third kappa shape index (κ3) is 3.57. The molecule has 0 aromatic heterocycles. The Balaban J connectivity index is 2.08. The first-order valence-corrected chi connectivity index (χ1v) is 8.33. The smallest absolute Gasteiger partial charge is 0.218 e. The average molecular weight is 293 g/mol. The van der Waals surface area contributed by atoms with Crippen molar-refractivity contribution in [3.63, 3.8) is 0 Å². The van der Waals surface area contributed by atoms with Crippen LogP contribution < -0.4 is 5.73 Å². The van der Waals surface area contributed by atoms with Crippen molar-refractivity contribution in [2.45, 2.75) is 18.6 Å². The highest BCUT2D eigenvalue weighted by molar-refractivity contribution is 7.88. The molecule has 0 radical (unpaired) electrons. The topological polar surface area (TPSA) is 87.2 Å². The molecule has 0 amide bonds. The van der Waals surface area contributed by atoms with Gasteiger partial charge in [0, 0.05) is 13.1 Å². The molecule has 1 atom stereocenters. The van der Waals surface area contributed by atoms with E-state index in [2.05, 4.69) is 0 Å². The largest absolute Gasteiger partial charge is 0.330 e. The van der Waals surface area contributed by atoms with E-state index in [9.17, 15) is 8.42 Å². The van der Waals surface area contributed by atoms with E-state index in [1.165, 1.54) is 0 Å². The van der Waals surface area contributed by atoms with Gasteiger partial charge in [0.25, 0.3) is 0 Å². The molecule has 1 unspecified atom stereocenters. The van der Waals surface area contributed by atoms with E-state index in [1.54, 1.807) is 28.6 Å². The first-order chi connectivity index (χ1) is 9.55. The molecule has 0 bridgehead atoms. The molecular formula is C14H19N3O2S. The number of hydrogen-bond donors (Lipinski definition) is 1. The van der Waals surface area contributed by atoms with Crippen LogP contribution in [0.3, 0.4) is 0 Å². The maximum absolute atomic E-state index is 12.4. The molecule has 0 spiro atoms. The maximum Gasteiger partial charge on any atom is 0.218 e.